The van der Waals surface area contributed by atoms with E-state index in [9.17, 15) is 4.79 Å². The summed E-state index contributed by atoms with van der Waals surface area (Å²) in [6.45, 7) is 21.6. The molecular formula is C32H43N7O2. The average molecular weight is 558 g/mol. The molecule has 3 aliphatic heterocycles. The standard InChI is InChI=1S/C32H43N7O2/c1-6-30(40)39-15-14-38(19-27(39)17-33-4)31-28-20-37(18-25-11-8-7-10-24(25)16-23(2)3)21-29(28)34-32(35-31)41-22-26-12-9-13-36(26)5/h6-8,10-11,23,26-27H,1,9,12-22H2,2-3,5H3/t26-,27-/m0/s1. The number of carbonyl (C=O) groups excluding carboxylic acids is 1. The first-order valence-corrected chi connectivity index (χ1v) is 14.9. The number of benzene rings is 1. The zero-order valence-electron chi connectivity index (χ0n) is 24.8. The molecule has 0 N–H and O–H groups in total. The highest BCUT2D eigenvalue weighted by Gasteiger charge is 2.35. The number of ether oxygens (including phenoxy) is 1. The Balaban J connectivity index is 1.40. The third-order valence-corrected chi connectivity index (χ3v) is 8.56. The molecule has 2 aromatic rings. The number of piperazine rings is 1. The molecule has 2 fully saturated rings. The van der Waals surface area contributed by atoms with Crippen LogP contribution in [0.4, 0.5) is 5.82 Å². The lowest BCUT2D eigenvalue weighted by molar-refractivity contribution is -0.128. The number of hydrogen-bond donors (Lipinski definition) is 0. The Kier molecular flexibility index (Phi) is 9.21. The monoisotopic (exact) mass is 557 g/mol. The van der Waals surface area contributed by atoms with Gasteiger partial charge in [-0.05, 0) is 56.0 Å². The van der Waals surface area contributed by atoms with Crippen LogP contribution in [0.5, 0.6) is 6.01 Å². The van der Waals surface area contributed by atoms with Crippen LogP contribution >= 0.6 is 0 Å². The van der Waals surface area contributed by atoms with E-state index in [1.165, 1.54) is 23.6 Å². The van der Waals surface area contributed by atoms with Crippen LogP contribution in [0.3, 0.4) is 0 Å². The predicted molar refractivity (Wildman–Crippen MR) is 160 cm³/mol. The van der Waals surface area contributed by atoms with Gasteiger partial charge >= 0.3 is 6.01 Å². The van der Waals surface area contributed by atoms with E-state index < -0.39 is 0 Å². The van der Waals surface area contributed by atoms with Crippen molar-refractivity contribution in [3.8, 4) is 6.01 Å². The van der Waals surface area contributed by atoms with Gasteiger partial charge in [0.2, 0.25) is 12.5 Å². The summed E-state index contributed by atoms with van der Waals surface area (Å²) in [6.07, 6.45) is 4.71. The van der Waals surface area contributed by atoms with E-state index in [1.54, 1.807) is 4.90 Å². The number of rotatable bonds is 10. The van der Waals surface area contributed by atoms with E-state index in [-0.39, 0.29) is 18.5 Å². The van der Waals surface area contributed by atoms with Gasteiger partial charge in [-0.2, -0.15) is 9.97 Å². The molecule has 41 heavy (non-hydrogen) atoms. The lowest BCUT2D eigenvalue weighted by atomic mass is 9.98. The Bertz CT molecular complexity index is 1290. The van der Waals surface area contributed by atoms with Crippen molar-refractivity contribution in [1.29, 1.82) is 0 Å². The molecule has 9 nitrogen and oxygen atoms in total. The maximum atomic E-state index is 12.5. The van der Waals surface area contributed by atoms with Crippen LogP contribution in [0, 0.1) is 12.5 Å². The fraction of sp³-hybridized carbons (Fsp3) is 0.562. The molecule has 9 heteroatoms. The smallest absolute Gasteiger partial charge is 0.318 e. The maximum Gasteiger partial charge on any atom is 0.318 e. The number of hydrogen-bond acceptors (Lipinski definition) is 7. The van der Waals surface area contributed by atoms with Crippen molar-refractivity contribution in [1.82, 2.24) is 24.7 Å². The molecule has 1 amide bonds. The van der Waals surface area contributed by atoms with Gasteiger partial charge in [-0.1, -0.05) is 44.7 Å². The number of likely N-dealkylation sites (tertiary alicyclic amines) is 1. The van der Waals surface area contributed by atoms with Crippen molar-refractivity contribution in [3.63, 3.8) is 0 Å². The van der Waals surface area contributed by atoms with E-state index in [1.807, 2.05) is 0 Å². The summed E-state index contributed by atoms with van der Waals surface area (Å²) in [6, 6.07) is 9.33. The average Bonchev–Trinajstić information content (AvgIpc) is 3.57. The van der Waals surface area contributed by atoms with Gasteiger partial charge < -0.3 is 24.3 Å². The van der Waals surface area contributed by atoms with Crippen LogP contribution in [-0.4, -0.2) is 89.0 Å². The van der Waals surface area contributed by atoms with Crippen LogP contribution in [0.15, 0.2) is 36.9 Å². The van der Waals surface area contributed by atoms with Gasteiger partial charge in [-0.15, -0.1) is 0 Å². The predicted octanol–water partition coefficient (Wildman–Crippen LogP) is 3.79. The normalized spacial score (nSPS) is 21.2. The highest BCUT2D eigenvalue weighted by atomic mass is 16.5. The van der Waals surface area contributed by atoms with Crippen LogP contribution in [0.25, 0.3) is 4.85 Å². The second-order valence-corrected chi connectivity index (χ2v) is 12.0. The molecule has 5 rings (SSSR count). The van der Waals surface area contributed by atoms with Crippen molar-refractivity contribution in [2.24, 2.45) is 5.92 Å². The zero-order valence-corrected chi connectivity index (χ0v) is 24.8. The first kappa shape index (κ1) is 29.0. The molecule has 0 saturated carbocycles. The van der Waals surface area contributed by atoms with E-state index in [0.717, 1.165) is 56.1 Å². The van der Waals surface area contributed by atoms with Gasteiger partial charge in [0.05, 0.1) is 5.69 Å². The van der Waals surface area contributed by atoms with Crippen molar-refractivity contribution >= 4 is 11.7 Å². The van der Waals surface area contributed by atoms with Crippen LogP contribution in [0.1, 0.15) is 49.1 Å². The number of aromatic nitrogens is 2. The van der Waals surface area contributed by atoms with Gasteiger partial charge in [0, 0.05) is 50.9 Å². The number of fused-ring (bicyclic) bond motifs is 1. The summed E-state index contributed by atoms with van der Waals surface area (Å²) in [5.41, 5.74) is 4.90. The number of amides is 1. The minimum Gasteiger partial charge on any atom is -0.462 e. The van der Waals surface area contributed by atoms with Crippen molar-refractivity contribution in [2.75, 3.05) is 51.3 Å². The maximum absolute atomic E-state index is 12.5. The Morgan fingerprint density at radius 2 is 1.98 bits per heavy atom. The first-order valence-electron chi connectivity index (χ1n) is 14.9. The van der Waals surface area contributed by atoms with Crippen LogP contribution in [-0.2, 0) is 30.8 Å². The van der Waals surface area contributed by atoms with Gasteiger partial charge in [0.25, 0.3) is 0 Å². The van der Waals surface area contributed by atoms with E-state index in [4.69, 9.17) is 21.3 Å². The minimum absolute atomic E-state index is 0.123. The number of anilines is 1. The van der Waals surface area contributed by atoms with Gasteiger partial charge in [-0.3, -0.25) is 9.69 Å². The molecule has 1 aromatic carbocycles. The van der Waals surface area contributed by atoms with Crippen molar-refractivity contribution in [2.45, 2.75) is 64.8 Å². The number of nitrogens with zero attached hydrogens (tertiary/aromatic N) is 7. The van der Waals surface area contributed by atoms with Crippen LogP contribution < -0.4 is 9.64 Å². The summed E-state index contributed by atoms with van der Waals surface area (Å²) >= 11 is 0. The summed E-state index contributed by atoms with van der Waals surface area (Å²) in [7, 11) is 2.15. The topological polar surface area (TPSA) is 69.4 Å². The molecule has 0 unspecified atom stereocenters. The van der Waals surface area contributed by atoms with Gasteiger partial charge in [0.15, 0.2) is 0 Å². The van der Waals surface area contributed by atoms with Crippen molar-refractivity contribution < 1.29 is 9.53 Å². The highest BCUT2D eigenvalue weighted by Crippen LogP contribution is 2.34. The molecule has 0 radical (unpaired) electrons. The Morgan fingerprint density at radius 1 is 1.17 bits per heavy atom. The van der Waals surface area contributed by atoms with E-state index in [0.29, 0.717) is 44.2 Å². The molecule has 0 aliphatic carbocycles. The molecule has 2 atom stereocenters. The minimum atomic E-state index is -0.214. The third-order valence-electron chi connectivity index (χ3n) is 8.56. The fourth-order valence-corrected chi connectivity index (χ4v) is 6.39. The van der Waals surface area contributed by atoms with Gasteiger partial charge in [0.1, 0.15) is 18.5 Å². The molecule has 0 spiro atoms. The fourth-order valence-electron chi connectivity index (χ4n) is 6.39. The Hall–Kier alpha value is -3.48. The molecule has 2 saturated heterocycles. The zero-order chi connectivity index (χ0) is 28.9. The molecule has 218 valence electrons. The molecule has 3 aliphatic rings. The molecule has 0 bridgehead atoms. The van der Waals surface area contributed by atoms with Crippen molar-refractivity contribution in [3.05, 3.63) is 70.7 Å². The van der Waals surface area contributed by atoms with E-state index >= 15 is 0 Å². The third kappa shape index (κ3) is 6.71. The number of carbonyl (C=O) groups is 1. The van der Waals surface area contributed by atoms with E-state index in [2.05, 4.69) is 71.3 Å². The second-order valence-electron chi connectivity index (χ2n) is 12.0. The summed E-state index contributed by atoms with van der Waals surface area (Å²) in [5.74, 6) is 1.35. The summed E-state index contributed by atoms with van der Waals surface area (Å²) in [4.78, 5) is 34.8. The lowest BCUT2D eigenvalue weighted by Gasteiger charge is -2.40. The van der Waals surface area contributed by atoms with Gasteiger partial charge in [-0.25, -0.2) is 6.57 Å². The SMILES string of the molecule is [C-]#[N+]C[C@H]1CN(c2nc(OC[C@@H]3CCCN3C)nc3c2CN(Cc2ccccc2CC(C)C)C3)CCN1C(=O)C=C. The second kappa shape index (κ2) is 13.0. The highest BCUT2D eigenvalue weighted by molar-refractivity contribution is 5.87. The lowest BCUT2D eigenvalue weighted by Crippen LogP contribution is -2.56. The molecular weight excluding hydrogens is 514 g/mol. The largest absolute Gasteiger partial charge is 0.462 e. The molecule has 1 aromatic heterocycles. The Labute approximate surface area is 244 Å². The van der Waals surface area contributed by atoms with Crippen LogP contribution in [0.2, 0.25) is 0 Å². The first-order chi connectivity index (χ1) is 19.9. The number of likely N-dealkylation sites (N-methyl/N-ethyl adjacent to an activating group) is 1. The summed E-state index contributed by atoms with van der Waals surface area (Å²) in [5, 5.41) is 0. The Morgan fingerprint density at radius 3 is 2.68 bits per heavy atom. The quantitative estimate of drug-likeness (QED) is 0.325. The summed E-state index contributed by atoms with van der Waals surface area (Å²) < 4.78 is 6.25. The molecule has 4 heterocycles.